The van der Waals surface area contributed by atoms with Crippen LogP contribution in [0.4, 0.5) is 0 Å². The summed E-state index contributed by atoms with van der Waals surface area (Å²) in [6.07, 6.45) is 4.40. The number of fused-ring (bicyclic) bond motifs is 1. The first-order valence-electron chi connectivity index (χ1n) is 4.45. The van der Waals surface area contributed by atoms with Gasteiger partial charge in [0.2, 0.25) is 0 Å². The molecule has 0 fully saturated rings. The molecule has 0 aromatic carbocycles. The Morgan fingerprint density at radius 2 is 2.54 bits per heavy atom. The Kier molecular flexibility index (Phi) is 1.83. The third-order valence-electron chi connectivity index (χ3n) is 2.57. The van der Waals surface area contributed by atoms with Crippen molar-refractivity contribution in [2.24, 2.45) is 0 Å². The molecule has 1 aromatic rings. The Hall–Kier alpha value is -1.32. The summed E-state index contributed by atoms with van der Waals surface area (Å²) >= 11 is 0. The summed E-state index contributed by atoms with van der Waals surface area (Å²) in [7, 11) is 0. The molecular formula is C9H12N2O2. The van der Waals surface area contributed by atoms with Crippen molar-refractivity contribution < 1.29 is 9.90 Å². The highest BCUT2D eigenvalue weighted by Gasteiger charge is 2.26. The largest absolute Gasteiger partial charge is 0.480 e. The average molecular weight is 180 g/mol. The molecule has 1 aliphatic heterocycles. The number of carboxylic acids is 1. The number of hydrogen-bond donors (Lipinski definition) is 1. The zero-order valence-electron chi connectivity index (χ0n) is 7.53. The summed E-state index contributed by atoms with van der Waals surface area (Å²) in [6, 6.07) is -0.397. The van der Waals surface area contributed by atoms with E-state index in [1.807, 2.05) is 11.5 Å². The maximum Gasteiger partial charge on any atom is 0.326 e. The Balaban J connectivity index is 2.46. The highest BCUT2D eigenvalue weighted by atomic mass is 16.4. The number of hydrogen-bond acceptors (Lipinski definition) is 2. The van der Waals surface area contributed by atoms with Gasteiger partial charge in [0.05, 0.1) is 0 Å². The van der Waals surface area contributed by atoms with E-state index >= 15 is 0 Å². The monoisotopic (exact) mass is 180 g/mol. The first-order valence-corrected chi connectivity index (χ1v) is 4.45. The molecule has 2 heterocycles. The van der Waals surface area contributed by atoms with Crippen LogP contribution in [0.15, 0.2) is 6.20 Å². The fourth-order valence-corrected chi connectivity index (χ4v) is 1.95. The van der Waals surface area contributed by atoms with E-state index in [4.69, 9.17) is 5.11 Å². The molecule has 2 rings (SSSR count). The van der Waals surface area contributed by atoms with Gasteiger partial charge in [-0.1, -0.05) is 0 Å². The van der Waals surface area contributed by atoms with Crippen molar-refractivity contribution in [3.63, 3.8) is 0 Å². The molecule has 13 heavy (non-hydrogen) atoms. The summed E-state index contributed by atoms with van der Waals surface area (Å²) in [4.78, 5) is 15.0. The highest BCUT2D eigenvalue weighted by Crippen LogP contribution is 2.26. The second-order valence-electron chi connectivity index (χ2n) is 3.41. The van der Waals surface area contributed by atoms with Crippen LogP contribution in [-0.2, 0) is 11.2 Å². The first-order chi connectivity index (χ1) is 6.20. The number of aromatic nitrogens is 2. The van der Waals surface area contributed by atoms with Crippen molar-refractivity contribution >= 4 is 5.97 Å². The average Bonchev–Trinajstić information content (AvgIpc) is 2.48. The number of nitrogens with zero attached hydrogens (tertiary/aromatic N) is 2. The van der Waals surface area contributed by atoms with Crippen LogP contribution in [0.1, 0.15) is 30.4 Å². The SMILES string of the molecule is Cc1ncc2n1C(C(=O)O)CCC2. The third kappa shape index (κ3) is 1.22. The molecule has 1 N–H and O–H groups in total. The number of aliphatic carboxylic acids is 1. The van der Waals surface area contributed by atoms with E-state index in [0.29, 0.717) is 0 Å². The van der Waals surface area contributed by atoms with Gasteiger partial charge in [-0.2, -0.15) is 0 Å². The zero-order valence-corrected chi connectivity index (χ0v) is 7.53. The number of carbonyl (C=O) groups is 1. The molecular weight excluding hydrogens is 168 g/mol. The smallest absolute Gasteiger partial charge is 0.326 e. The van der Waals surface area contributed by atoms with Crippen molar-refractivity contribution in [2.45, 2.75) is 32.2 Å². The molecule has 0 aliphatic carbocycles. The van der Waals surface area contributed by atoms with Crippen LogP contribution >= 0.6 is 0 Å². The van der Waals surface area contributed by atoms with Crippen molar-refractivity contribution in [3.8, 4) is 0 Å². The van der Waals surface area contributed by atoms with E-state index in [1.54, 1.807) is 6.20 Å². The minimum absolute atomic E-state index is 0.397. The molecule has 0 saturated carbocycles. The summed E-state index contributed by atoms with van der Waals surface area (Å²) < 4.78 is 1.84. The molecule has 0 bridgehead atoms. The van der Waals surface area contributed by atoms with E-state index in [1.165, 1.54) is 0 Å². The number of rotatable bonds is 1. The number of carboxylic acid groups (broad SMARTS) is 1. The van der Waals surface area contributed by atoms with Gasteiger partial charge < -0.3 is 9.67 Å². The van der Waals surface area contributed by atoms with E-state index in [-0.39, 0.29) is 0 Å². The molecule has 1 aromatic heterocycles. The van der Waals surface area contributed by atoms with Crippen LogP contribution in [0, 0.1) is 6.92 Å². The summed E-state index contributed by atoms with van der Waals surface area (Å²) in [5.74, 6) is 0.0594. The van der Waals surface area contributed by atoms with Gasteiger partial charge in [-0.05, 0) is 26.2 Å². The predicted octanol–water partition coefficient (Wildman–Crippen LogP) is 1.15. The topological polar surface area (TPSA) is 55.1 Å². The van der Waals surface area contributed by atoms with Crippen LogP contribution in [0.3, 0.4) is 0 Å². The molecule has 1 atom stereocenters. The summed E-state index contributed by atoms with van der Waals surface area (Å²) in [5.41, 5.74) is 1.05. The Labute approximate surface area is 76.2 Å². The summed E-state index contributed by atoms with van der Waals surface area (Å²) in [6.45, 7) is 1.85. The maximum atomic E-state index is 10.9. The maximum absolute atomic E-state index is 10.9. The second-order valence-corrected chi connectivity index (χ2v) is 3.41. The van der Waals surface area contributed by atoms with Gasteiger partial charge in [0.25, 0.3) is 0 Å². The second kappa shape index (κ2) is 2.87. The molecule has 0 saturated heterocycles. The van der Waals surface area contributed by atoms with Gasteiger partial charge in [0, 0.05) is 11.9 Å². The van der Waals surface area contributed by atoms with E-state index < -0.39 is 12.0 Å². The van der Waals surface area contributed by atoms with Crippen LogP contribution in [0.5, 0.6) is 0 Å². The molecule has 4 nitrogen and oxygen atoms in total. The van der Waals surface area contributed by atoms with E-state index in [2.05, 4.69) is 4.98 Å². The Morgan fingerprint density at radius 1 is 1.77 bits per heavy atom. The molecule has 0 amide bonds. The Bertz CT molecular complexity index is 343. The van der Waals surface area contributed by atoms with Gasteiger partial charge >= 0.3 is 5.97 Å². The van der Waals surface area contributed by atoms with E-state index in [9.17, 15) is 4.79 Å². The van der Waals surface area contributed by atoms with Gasteiger partial charge in [0.15, 0.2) is 0 Å². The molecule has 70 valence electrons. The lowest BCUT2D eigenvalue weighted by Crippen LogP contribution is -2.25. The quantitative estimate of drug-likeness (QED) is 0.705. The molecule has 0 spiro atoms. The van der Waals surface area contributed by atoms with Crippen LogP contribution in [-0.4, -0.2) is 20.6 Å². The van der Waals surface area contributed by atoms with Gasteiger partial charge in [-0.25, -0.2) is 9.78 Å². The fraction of sp³-hybridized carbons (Fsp3) is 0.556. The van der Waals surface area contributed by atoms with Crippen LogP contribution < -0.4 is 0 Å². The van der Waals surface area contributed by atoms with Gasteiger partial charge in [-0.3, -0.25) is 0 Å². The molecule has 1 aliphatic rings. The van der Waals surface area contributed by atoms with Crippen LogP contribution in [0.25, 0.3) is 0 Å². The fourth-order valence-electron chi connectivity index (χ4n) is 1.95. The van der Waals surface area contributed by atoms with Crippen molar-refractivity contribution in [1.82, 2.24) is 9.55 Å². The van der Waals surface area contributed by atoms with Crippen LogP contribution in [0.2, 0.25) is 0 Å². The minimum Gasteiger partial charge on any atom is -0.480 e. The summed E-state index contributed by atoms with van der Waals surface area (Å²) in [5, 5.41) is 8.98. The lowest BCUT2D eigenvalue weighted by Gasteiger charge is -2.23. The van der Waals surface area contributed by atoms with E-state index in [0.717, 1.165) is 30.8 Å². The van der Waals surface area contributed by atoms with Crippen molar-refractivity contribution in [1.29, 1.82) is 0 Å². The lowest BCUT2D eigenvalue weighted by molar-refractivity contribution is -0.141. The van der Waals surface area contributed by atoms with Gasteiger partial charge in [-0.15, -0.1) is 0 Å². The lowest BCUT2D eigenvalue weighted by atomic mass is 10.0. The molecule has 0 radical (unpaired) electrons. The number of aryl methyl sites for hydroxylation is 2. The first kappa shape index (κ1) is 8.29. The standard InChI is InChI=1S/C9H12N2O2/c1-6-10-5-7-3-2-4-8(9(12)13)11(6)7/h5,8H,2-4H2,1H3,(H,12,13). The molecule has 4 heteroatoms. The minimum atomic E-state index is -0.748. The van der Waals surface area contributed by atoms with Crippen molar-refractivity contribution in [2.75, 3.05) is 0 Å². The number of imidazole rings is 1. The highest BCUT2D eigenvalue weighted by molar-refractivity contribution is 5.72. The normalized spacial score (nSPS) is 21.2. The molecule has 1 unspecified atom stereocenters. The zero-order chi connectivity index (χ0) is 9.42. The third-order valence-corrected chi connectivity index (χ3v) is 2.57. The van der Waals surface area contributed by atoms with Crippen molar-refractivity contribution in [3.05, 3.63) is 17.7 Å². The van der Waals surface area contributed by atoms with Gasteiger partial charge in [0.1, 0.15) is 11.9 Å². The Morgan fingerprint density at radius 3 is 3.23 bits per heavy atom. The predicted molar refractivity (Wildman–Crippen MR) is 46.6 cm³/mol.